The topological polar surface area (TPSA) is 89.3 Å². The van der Waals surface area contributed by atoms with E-state index in [0.717, 1.165) is 0 Å². The molecule has 0 bridgehead atoms. The maximum absolute atomic E-state index is 12.2. The van der Waals surface area contributed by atoms with Crippen molar-refractivity contribution in [3.05, 3.63) is 39.4 Å². The average Bonchev–Trinajstić information content (AvgIpc) is 2.41. The number of hydrogen-bond donors (Lipinski definition) is 1. The maximum Gasteiger partial charge on any atom is 0.270 e. The zero-order valence-electron chi connectivity index (χ0n) is 11.2. The predicted molar refractivity (Wildman–Crippen MR) is 72.6 cm³/mol. The summed E-state index contributed by atoms with van der Waals surface area (Å²) in [5.41, 5.74) is 0.913. The minimum Gasteiger partial charge on any atom is -0.349 e. The molecule has 20 heavy (non-hydrogen) atoms. The van der Waals surface area contributed by atoms with Gasteiger partial charge in [-0.3, -0.25) is 19.7 Å². The van der Waals surface area contributed by atoms with Crippen LogP contribution in [0.2, 0.25) is 0 Å². The van der Waals surface area contributed by atoms with Crippen molar-refractivity contribution in [2.45, 2.75) is 38.6 Å². The number of amides is 1. The third kappa shape index (κ3) is 3.20. The van der Waals surface area contributed by atoms with E-state index >= 15 is 0 Å². The summed E-state index contributed by atoms with van der Waals surface area (Å²) >= 11 is 0. The van der Waals surface area contributed by atoms with E-state index in [-0.39, 0.29) is 23.4 Å². The van der Waals surface area contributed by atoms with E-state index in [4.69, 9.17) is 0 Å². The molecule has 1 amide bonds. The molecule has 0 saturated heterocycles. The molecule has 1 aromatic rings. The van der Waals surface area contributed by atoms with Crippen molar-refractivity contribution in [2.24, 2.45) is 0 Å². The highest BCUT2D eigenvalue weighted by Gasteiger charge is 2.22. The van der Waals surface area contributed by atoms with Crippen LogP contribution in [0.4, 0.5) is 5.69 Å². The molecule has 0 radical (unpaired) electrons. The second-order valence-electron chi connectivity index (χ2n) is 5.04. The number of Topliss-reactive ketones (excluding diaryl/α,β-unsaturated/α-hetero) is 1. The quantitative estimate of drug-likeness (QED) is 0.676. The summed E-state index contributed by atoms with van der Waals surface area (Å²) in [4.78, 5) is 33.6. The van der Waals surface area contributed by atoms with Gasteiger partial charge < -0.3 is 5.32 Å². The molecule has 106 valence electrons. The van der Waals surface area contributed by atoms with Crippen LogP contribution in [0.25, 0.3) is 0 Å². The minimum atomic E-state index is -0.518. The lowest BCUT2D eigenvalue weighted by atomic mass is 9.94. The van der Waals surface area contributed by atoms with Gasteiger partial charge in [0.15, 0.2) is 0 Å². The van der Waals surface area contributed by atoms with Crippen LogP contribution >= 0.6 is 0 Å². The van der Waals surface area contributed by atoms with Crippen LogP contribution in [0.1, 0.15) is 41.6 Å². The molecule has 2 rings (SSSR count). The Kier molecular flexibility index (Phi) is 4.12. The van der Waals surface area contributed by atoms with Gasteiger partial charge in [-0.25, -0.2) is 0 Å². The van der Waals surface area contributed by atoms with Crippen LogP contribution in [0.5, 0.6) is 0 Å². The van der Waals surface area contributed by atoms with Crippen LogP contribution in [-0.2, 0) is 4.79 Å². The highest BCUT2D eigenvalue weighted by atomic mass is 16.6. The van der Waals surface area contributed by atoms with E-state index in [9.17, 15) is 19.7 Å². The monoisotopic (exact) mass is 276 g/mol. The smallest absolute Gasteiger partial charge is 0.270 e. The molecule has 1 N–H and O–H groups in total. The summed E-state index contributed by atoms with van der Waals surface area (Å²) in [6.45, 7) is 1.74. The number of carbonyl (C=O) groups is 2. The van der Waals surface area contributed by atoms with E-state index in [1.54, 1.807) is 13.0 Å². The summed E-state index contributed by atoms with van der Waals surface area (Å²) in [6, 6.07) is 4.21. The van der Waals surface area contributed by atoms with Crippen LogP contribution in [-0.4, -0.2) is 22.7 Å². The summed E-state index contributed by atoms with van der Waals surface area (Å²) in [7, 11) is 0. The third-order valence-electron chi connectivity index (χ3n) is 3.56. The van der Waals surface area contributed by atoms with E-state index in [2.05, 4.69) is 5.32 Å². The Labute approximate surface area is 116 Å². The number of nitrogens with zero attached hydrogens (tertiary/aromatic N) is 1. The fourth-order valence-corrected chi connectivity index (χ4v) is 2.32. The number of ketones is 1. The summed E-state index contributed by atoms with van der Waals surface area (Å²) in [5, 5.41) is 13.6. The van der Waals surface area contributed by atoms with Gasteiger partial charge in [0, 0.05) is 36.6 Å². The molecule has 1 fully saturated rings. The van der Waals surface area contributed by atoms with Gasteiger partial charge in [0.1, 0.15) is 5.78 Å². The molecule has 6 heteroatoms. The summed E-state index contributed by atoms with van der Waals surface area (Å²) < 4.78 is 0. The second-order valence-corrected chi connectivity index (χ2v) is 5.04. The summed E-state index contributed by atoms with van der Waals surface area (Å²) in [5.74, 6) is -0.0902. The Bertz CT molecular complexity index is 558. The normalized spacial score (nSPS) is 15.9. The zero-order chi connectivity index (χ0) is 14.7. The molecule has 1 aliphatic rings. The molecular formula is C14H16N2O4. The van der Waals surface area contributed by atoms with Crippen molar-refractivity contribution in [3.8, 4) is 0 Å². The third-order valence-corrected chi connectivity index (χ3v) is 3.56. The van der Waals surface area contributed by atoms with E-state index in [1.165, 1.54) is 12.1 Å². The van der Waals surface area contributed by atoms with Crippen molar-refractivity contribution in [1.82, 2.24) is 5.32 Å². The lowest BCUT2D eigenvalue weighted by Gasteiger charge is -2.22. The molecule has 0 unspecified atom stereocenters. The number of aryl methyl sites for hydroxylation is 1. The number of rotatable bonds is 3. The molecular weight excluding hydrogens is 260 g/mol. The Hall–Kier alpha value is -2.24. The summed E-state index contributed by atoms with van der Waals surface area (Å²) in [6.07, 6.45) is 2.24. The standard InChI is InChI=1S/C14H16N2O4/c1-9-2-5-11(16(19)20)8-13(9)14(18)15-10-3-6-12(17)7-4-10/h2,5,8,10H,3-4,6-7H2,1H3,(H,15,18). The van der Waals surface area contributed by atoms with Gasteiger partial charge in [-0.05, 0) is 25.3 Å². The Morgan fingerprint density at radius 3 is 2.60 bits per heavy atom. The van der Waals surface area contributed by atoms with Crippen molar-refractivity contribution in [2.75, 3.05) is 0 Å². The molecule has 6 nitrogen and oxygen atoms in total. The number of nitrogens with one attached hydrogen (secondary N) is 1. The number of nitro groups is 1. The Balaban J connectivity index is 2.10. The van der Waals surface area contributed by atoms with Gasteiger partial charge in [-0.2, -0.15) is 0 Å². The van der Waals surface area contributed by atoms with Crippen molar-refractivity contribution in [3.63, 3.8) is 0 Å². The molecule has 0 atom stereocenters. The van der Waals surface area contributed by atoms with Crippen molar-refractivity contribution in [1.29, 1.82) is 0 Å². The molecule has 0 heterocycles. The van der Waals surface area contributed by atoms with Gasteiger partial charge in [-0.15, -0.1) is 0 Å². The van der Waals surface area contributed by atoms with Gasteiger partial charge >= 0.3 is 0 Å². The van der Waals surface area contributed by atoms with Crippen LogP contribution in [0.15, 0.2) is 18.2 Å². The highest BCUT2D eigenvalue weighted by molar-refractivity contribution is 5.96. The Morgan fingerprint density at radius 2 is 2.00 bits per heavy atom. The molecule has 1 aromatic carbocycles. The fraction of sp³-hybridized carbons (Fsp3) is 0.429. The minimum absolute atomic E-state index is 0.0288. The lowest BCUT2D eigenvalue weighted by molar-refractivity contribution is -0.384. The first-order chi connectivity index (χ1) is 9.47. The Morgan fingerprint density at radius 1 is 1.35 bits per heavy atom. The first-order valence-corrected chi connectivity index (χ1v) is 6.55. The molecule has 1 saturated carbocycles. The number of benzene rings is 1. The molecule has 0 aliphatic heterocycles. The van der Waals surface area contributed by atoms with Gasteiger partial charge in [0.25, 0.3) is 11.6 Å². The first kappa shape index (κ1) is 14.2. The van der Waals surface area contributed by atoms with E-state index in [1.807, 2.05) is 0 Å². The largest absolute Gasteiger partial charge is 0.349 e. The first-order valence-electron chi connectivity index (χ1n) is 6.55. The van der Waals surface area contributed by atoms with Gasteiger partial charge in [0.05, 0.1) is 4.92 Å². The SMILES string of the molecule is Cc1ccc([N+](=O)[O-])cc1C(=O)NC1CCC(=O)CC1. The van der Waals surface area contributed by atoms with E-state index in [0.29, 0.717) is 36.8 Å². The number of hydrogen-bond acceptors (Lipinski definition) is 4. The molecule has 1 aliphatic carbocycles. The fourth-order valence-electron chi connectivity index (χ4n) is 2.32. The van der Waals surface area contributed by atoms with E-state index < -0.39 is 4.92 Å². The molecule has 0 spiro atoms. The van der Waals surface area contributed by atoms with Crippen LogP contribution in [0.3, 0.4) is 0 Å². The predicted octanol–water partition coefficient (Wildman–Crippen LogP) is 2.14. The lowest BCUT2D eigenvalue weighted by Crippen LogP contribution is -2.38. The van der Waals surface area contributed by atoms with Crippen LogP contribution < -0.4 is 5.32 Å². The maximum atomic E-state index is 12.2. The van der Waals surface area contributed by atoms with Gasteiger partial charge in [0.2, 0.25) is 0 Å². The van der Waals surface area contributed by atoms with Gasteiger partial charge in [-0.1, -0.05) is 6.07 Å². The molecule has 0 aromatic heterocycles. The van der Waals surface area contributed by atoms with Crippen molar-refractivity contribution >= 4 is 17.4 Å². The average molecular weight is 276 g/mol. The number of nitro benzene ring substituents is 1. The van der Waals surface area contributed by atoms with Crippen molar-refractivity contribution < 1.29 is 14.5 Å². The number of non-ortho nitro benzene ring substituents is 1. The zero-order valence-corrected chi connectivity index (χ0v) is 11.2. The van der Waals surface area contributed by atoms with Crippen LogP contribution in [0, 0.1) is 17.0 Å². The second kappa shape index (κ2) is 5.81. The highest BCUT2D eigenvalue weighted by Crippen LogP contribution is 2.19. The number of carbonyl (C=O) groups excluding carboxylic acids is 2.